The molecular weight excluding hydrogens is 176 g/mol. The van der Waals surface area contributed by atoms with E-state index in [1.807, 2.05) is 0 Å². The Balaban J connectivity index is 2.65. The van der Waals surface area contributed by atoms with Gasteiger partial charge in [-0.25, -0.2) is 13.3 Å². The fourth-order valence-electron chi connectivity index (χ4n) is 0.361. The Morgan fingerprint density at radius 2 is 1.67 bits per heavy atom. The number of rotatable bonds is 0. The lowest BCUT2D eigenvalue weighted by molar-refractivity contribution is -0.0349. The summed E-state index contributed by atoms with van der Waals surface area (Å²) in [5, 5.41) is 0. The van der Waals surface area contributed by atoms with E-state index in [0.717, 1.165) is 0 Å². The summed E-state index contributed by atoms with van der Waals surface area (Å²) in [7, 11) is 0. The molecular formula is C2H2ClF2O3P. The molecule has 1 heterocycles. The molecule has 0 bridgehead atoms. The first-order chi connectivity index (χ1) is 4.01. The van der Waals surface area contributed by atoms with Gasteiger partial charge in [0.1, 0.15) is 0 Å². The molecule has 7 heteroatoms. The molecule has 0 spiro atoms. The first-order valence-electron chi connectivity index (χ1n) is 1.96. The Hall–Kier alpha value is 0.300. The molecule has 0 aliphatic carbocycles. The Bertz CT molecular complexity index is 150. The molecule has 1 saturated heterocycles. The Morgan fingerprint density at radius 1 is 1.33 bits per heavy atom. The summed E-state index contributed by atoms with van der Waals surface area (Å²) >= 11 is 4.79. The smallest absolute Gasteiger partial charge is 0.255 e. The summed E-state index contributed by atoms with van der Waals surface area (Å²) in [5.41, 5.74) is 0. The van der Waals surface area contributed by atoms with Gasteiger partial charge in [0.05, 0.1) is 0 Å². The summed E-state index contributed by atoms with van der Waals surface area (Å²) in [6.45, 7) is -3.93. The van der Waals surface area contributed by atoms with Crippen LogP contribution in [0.3, 0.4) is 0 Å². The van der Waals surface area contributed by atoms with Gasteiger partial charge in [-0.3, -0.25) is 9.05 Å². The maximum Gasteiger partial charge on any atom is 0.429 e. The van der Waals surface area contributed by atoms with Crippen LogP contribution in [0.15, 0.2) is 0 Å². The van der Waals surface area contributed by atoms with E-state index < -0.39 is 19.7 Å². The monoisotopic (exact) mass is 178 g/mol. The standard InChI is InChI=1S/C2H2ClF2O3P/c3-9(6)7-1(4)2(5)8-9/h1-2H. The zero-order valence-electron chi connectivity index (χ0n) is 3.96. The minimum atomic E-state index is -3.93. The minimum Gasteiger partial charge on any atom is -0.255 e. The van der Waals surface area contributed by atoms with Crippen LogP contribution in [0.25, 0.3) is 0 Å². The van der Waals surface area contributed by atoms with E-state index >= 15 is 0 Å². The van der Waals surface area contributed by atoms with Crippen molar-refractivity contribution in [1.29, 1.82) is 0 Å². The molecule has 2 atom stereocenters. The van der Waals surface area contributed by atoms with Crippen molar-refractivity contribution in [2.75, 3.05) is 0 Å². The maximum absolute atomic E-state index is 11.8. The predicted molar refractivity (Wildman–Crippen MR) is 25.4 cm³/mol. The maximum atomic E-state index is 11.8. The van der Waals surface area contributed by atoms with Crippen LogP contribution in [-0.2, 0) is 13.6 Å². The van der Waals surface area contributed by atoms with E-state index in [4.69, 9.17) is 11.2 Å². The van der Waals surface area contributed by atoms with Crippen LogP contribution in [0.4, 0.5) is 8.78 Å². The van der Waals surface area contributed by atoms with Crippen LogP contribution in [0.5, 0.6) is 0 Å². The Kier molecular flexibility index (Phi) is 1.78. The van der Waals surface area contributed by atoms with Gasteiger partial charge in [0.15, 0.2) is 0 Å². The van der Waals surface area contributed by atoms with Gasteiger partial charge in [-0.15, -0.1) is 0 Å². The zero-order valence-corrected chi connectivity index (χ0v) is 5.61. The van der Waals surface area contributed by atoms with Gasteiger partial charge in [0, 0.05) is 11.2 Å². The largest absolute Gasteiger partial charge is 0.429 e. The Morgan fingerprint density at radius 3 is 1.78 bits per heavy atom. The average molecular weight is 178 g/mol. The molecule has 0 aromatic carbocycles. The van der Waals surface area contributed by atoms with E-state index in [-0.39, 0.29) is 0 Å². The van der Waals surface area contributed by atoms with Gasteiger partial charge in [0.2, 0.25) is 0 Å². The molecule has 2 unspecified atom stereocenters. The van der Waals surface area contributed by atoms with Crippen molar-refractivity contribution >= 4 is 18.2 Å². The molecule has 1 fully saturated rings. The molecule has 3 nitrogen and oxygen atoms in total. The van der Waals surface area contributed by atoms with Gasteiger partial charge < -0.3 is 0 Å². The molecule has 0 saturated carbocycles. The van der Waals surface area contributed by atoms with Crippen LogP contribution < -0.4 is 0 Å². The predicted octanol–water partition coefficient (Wildman–Crippen LogP) is 1.97. The van der Waals surface area contributed by atoms with E-state index in [0.29, 0.717) is 0 Å². The normalized spacial score (nSPS) is 51.9. The van der Waals surface area contributed by atoms with Crippen molar-refractivity contribution in [3.63, 3.8) is 0 Å². The van der Waals surface area contributed by atoms with Gasteiger partial charge in [0.25, 0.3) is 12.7 Å². The van der Waals surface area contributed by atoms with Crippen LogP contribution >= 0.6 is 18.2 Å². The lowest BCUT2D eigenvalue weighted by Crippen LogP contribution is -2.09. The van der Waals surface area contributed by atoms with Gasteiger partial charge >= 0.3 is 6.95 Å². The van der Waals surface area contributed by atoms with Gasteiger partial charge in [-0.05, 0) is 0 Å². The third-order valence-corrected chi connectivity index (χ3v) is 2.04. The van der Waals surface area contributed by atoms with Crippen LogP contribution in [0.2, 0.25) is 0 Å². The number of hydrogen-bond donors (Lipinski definition) is 0. The van der Waals surface area contributed by atoms with Crippen molar-refractivity contribution in [3.05, 3.63) is 0 Å². The van der Waals surface area contributed by atoms with Crippen LogP contribution in [-0.4, -0.2) is 12.7 Å². The van der Waals surface area contributed by atoms with Crippen molar-refractivity contribution in [3.8, 4) is 0 Å². The fourth-order valence-corrected chi connectivity index (χ4v) is 1.54. The van der Waals surface area contributed by atoms with Gasteiger partial charge in [-0.1, -0.05) is 0 Å². The summed E-state index contributed by atoms with van der Waals surface area (Å²) in [6, 6.07) is 0. The molecule has 0 amide bonds. The third kappa shape index (κ3) is 1.61. The lowest BCUT2D eigenvalue weighted by Gasteiger charge is -1.93. The third-order valence-electron chi connectivity index (χ3n) is 0.659. The average Bonchev–Trinajstić information content (AvgIpc) is 1.79. The highest BCUT2D eigenvalue weighted by atomic mass is 35.7. The number of halogens is 3. The van der Waals surface area contributed by atoms with E-state index in [2.05, 4.69) is 9.05 Å². The van der Waals surface area contributed by atoms with Crippen molar-refractivity contribution < 1.29 is 22.4 Å². The summed E-state index contributed by atoms with van der Waals surface area (Å²) in [5.74, 6) is 0. The zero-order chi connectivity index (χ0) is 7.07. The highest BCUT2D eigenvalue weighted by molar-refractivity contribution is 7.81. The molecule has 1 aliphatic rings. The number of hydrogen-bond acceptors (Lipinski definition) is 3. The summed E-state index contributed by atoms with van der Waals surface area (Å²) < 4.78 is 41.4. The second-order valence-corrected chi connectivity index (χ2v) is 3.87. The molecule has 1 rings (SSSR count). The molecule has 1 aliphatic heterocycles. The SMILES string of the molecule is O=P1(Cl)OC(F)C(F)O1. The second kappa shape index (κ2) is 2.16. The van der Waals surface area contributed by atoms with E-state index in [1.165, 1.54) is 0 Å². The summed E-state index contributed by atoms with van der Waals surface area (Å²) in [6.07, 6.45) is -4.65. The van der Waals surface area contributed by atoms with Crippen molar-refractivity contribution in [2.24, 2.45) is 0 Å². The highest BCUT2D eigenvalue weighted by Crippen LogP contribution is 2.61. The second-order valence-electron chi connectivity index (χ2n) is 1.34. The molecule has 0 radical (unpaired) electrons. The molecule has 0 aromatic rings. The van der Waals surface area contributed by atoms with E-state index in [9.17, 15) is 13.3 Å². The summed E-state index contributed by atoms with van der Waals surface area (Å²) in [4.78, 5) is 0. The lowest BCUT2D eigenvalue weighted by atomic mass is 10.7. The molecule has 0 N–H and O–H groups in total. The topological polar surface area (TPSA) is 35.5 Å². The quantitative estimate of drug-likeness (QED) is 0.532. The first kappa shape index (κ1) is 7.41. The first-order valence-corrected chi connectivity index (χ1v) is 4.41. The Labute approximate surface area is 54.2 Å². The molecule has 0 aromatic heterocycles. The molecule has 54 valence electrons. The molecule has 9 heavy (non-hydrogen) atoms. The highest BCUT2D eigenvalue weighted by Gasteiger charge is 2.44. The van der Waals surface area contributed by atoms with Crippen molar-refractivity contribution in [2.45, 2.75) is 12.7 Å². The van der Waals surface area contributed by atoms with Crippen LogP contribution in [0.1, 0.15) is 0 Å². The number of alkyl halides is 2. The van der Waals surface area contributed by atoms with Crippen molar-refractivity contribution in [1.82, 2.24) is 0 Å². The fraction of sp³-hybridized carbons (Fsp3) is 1.00. The van der Waals surface area contributed by atoms with Gasteiger partial charge in [-0.2, -0.15) is 0 Å². The van der Waals surface area contributed by atoms with E-state index in [1.54, 1.807) is 0 Å². The minimum absolute atomic E-state index is 2.33. The van der Waals surface area contributed by atoms with Crippen LogP contribution in [0, 0.1) is 0 Å².